The molecule has 90 valence electrons. The molecule has 5 heteroatoms. The van der Waals surface area contributed by atoms with E-state index in [4.69, 9.17) is 5.84 Å². The third-order valence-corrected chi connectivity index (χ3v) is 3.56. The van der Waals surface area contributed by atoms with Crippen molar-refractivity contribution in [1.29, 1.82) is 0 Å². The molecular formula is C12H16N4S. The molecule has 1 heterocycles. The van der Waals surface area contributed by atoms with Crippen molar-refractivity contribution in [2.75, 3.05) is 0 Å². The molecule has 0 saturated heterocycles. The fraction of sp³-hybridized carbons (Fsp3) is 0.333. The van der Waals surface area contributed by atoms with Crippen LogP contribution in [0.25, 0.3) is 0 Å². The first kappa shape index (κ1) is 12.2. The molecule has 0 aliphatic carbocycles. The second-order valence-electron chi connectivity index (χ2n) is 4.22. The van der Waals surface area contributed by atoms with Gasteiger partial charge in [0.2, 0.25) is 0 Å². The number of nitrogens with zero attached hydrogens (tertiary/aromatic N) is 2. The molecule has 0 bridgehead atoms. The van der Waals surface area contributed by atoms with Crippen LogP contribution >= 0.6 is 11.5 Å². The van der Waals surface area contributed by atoms with E-state index in [1.54, 1.807) is 0 Å². The molecule has 17 heavy (non-hydrogen) atoms. The summed E-state index contributed by atoms with van der Waals surface area (Å²) >= 11 is 1.33. The highest BCUT2D eigenvalue weighted by atomic mass is 32.1. The van der Waals surface area contributed by atoms with Crippen molar-refractivity contribution in [3.05, 3.63) is 45.5 Å². The molecule has 1 atom stereocenters. The smallest absolute Gasteiger partial charge is 0.0983 e. The number of hydrogen-bond acceptors (Lipinski definition) is 5. The Morgan fingerprint density at radius 3 is 2.47 bits per heavy atom. The van der Waals surface area contributed by atoms with Gasteiger partial charge in [-0.3, -0.25) is 5.84 Å². The molecular weight excluding hydrogens is 232 g/mol. The Morgan fingerprint density at radius 1 is 1.18 bits per heavy atom. The van der Waals surface area contributed by atoms with Crippen LogP contribution in [0.1, 0.15) is 34.0 Å². The average molecular weight is 248 g/mol. The molecule has 4 nitrogen and oxygen atoms in total. The summed E-state index contributed by atoms with van der Waals surface area (Å²) in [6, 6.07) is 4.25. The minimum atomic E-state index is -0.0898. The molecule has 1 aromatic heterocycles. The molecule has 0 amide bonds. The number of rotatable bonds is 3. The van der Waals surface area contributed by atoms with Gasteiger partial charge < -0.3 is 0 Å². The van der Waals surface area contributed by atoms with Gasteiger partial charge in [0, 0.05) is 5.38 Å². The molecule has 2 rings (SSSR count). The van der Waals surface area contributed by atoms with Crippen LogP contribution in [-0.2, 0) is 0 Å². The average Bonchev–Trinajstić information content (AvgIpc) is 2.80. The van der Waals surface area contributed by atoms with Gasteiger partial charge in [0.05, 0.1) is 11.7 Å². The van der Waals surface area contributed by atoms with Gasteiger partial charge in [0.25, 0.3) is 0 Å². The van der Waals surface area contributed by atoms with Crippen molar-refractivity contribution in [3.63, 3.8) is 0 Å². The molecule has 0 aliphatic rings. The number of hydrogen-bond donors (Lipinski definition) is 2. The first-order chi connectivity index (χ1) is 8.13. The van der Waals surface area contributed by atoms with Gasteiger partial charge in [-0.25, -0.2) is 5.43 Å². The molecule has 0 spiro atoms. The predicted molar refractivity (Wildman–Crippen MR) is 69.7 cm³/mol. The summed E-state index contributed by atoms with van der Waals surface area (Å²) in [4.78, 5) is 0. The standard InChI is InChI=1S/C12H16N4S/c1-7-4-9(3)10(5-8(7)2)12(14-13)11-6-17-16-15-11/h4-6,12,14H,13H2,1-3H3. The van der Waals surface area contributed by atoms with Crippen molar-refractivity contribution in [3.8, 4) is 0 Å². The molecule has 1 aromatic carbocycles. The fourth-order valence-electron chi connectivity index (χ4n) is 1.93. The van der Waals surface area contributed by atoms with Gasteiger partial charge in [0.15, 0.2) is 0 Å². The third-order valence-electron chi connectivity index (χ3n) is 3.03. The van der Waals surface area contributed by atoms with Gasteiger partial charge in [-0.05, 0) is 54.6 Å². The highest BCUT2D eigenvalue weighted by Gasteiger charge is 2.17. The number of hydrazine groups is 1. The topological polar surface area (TPSA) is 63.8 Å². The second-order valence-corrected chi connectivity index (χ2v) is 4.83. The van der Waals surface area contributed by atoms with Gasteiger partial charge in [-0.15, -0.1) is 5.10 Å². The fourth-order valence-corrected chi connectivity index (χ4v) is 2.41. The zero-order valence-corrected chi connectivity index (χ0v) is 11.0. The Hall–Kier alpha value is -1.30. The zero-order valence-electron chi connectivity index (χ0n) is 10.2. The maximum atomic E-state index is 5.64. The van der Waals surface area contributed by atoms with Crippen LogP contribution in [0.4, 0.5) is 0 Å². The van der Waals surface area contributed by atoms with Crippen LogP contribution in [0.15, 0.2) is 17.5 Å². The first-order valence-corrected chi connectivity index (χ1v) is 6.28. The highest BCUT2D eigenvalue weighted by Crippen LogP contribution is 2.25. The Balaban J connectivity index is 2.48. The largest absolute Gasteiger partial charge is 0.271 e. The van der Waals surface area contributed by atoms with Crippen molar-refractivity contribution >= 4 is 11.5 Å². The van der Waals surface area contributed by atoms with Gasteiger partial charge in [-0.1, -0.05) is 16.6 Å². The van der Waals surface area contributed by atoms with E-state index in [0.717, 1.165) is 11.3 Å². The number of aryl methyl sites for hydroxylation is 3. The van der Waals surface area contributed by atoms with Gasteiger partial charge >= 0.3 is 0 Å². The summed E-state index contributed by atoms with van der Waals surface area (Å²) in [5, 5.41) is 6.00. The van der Waals surface area contributed by atoms with Crippen molar-refractivity contribution in [1.82, 2.24) is 15.0 Å². The second kappa shape index (κ2) is 4.91. The molecule has 0 saturated carbocycles. The van der Waals surface area contributed by atoms with E-state index in [0.29, 0.717) is 0 Å². The number of nitrogens with two attached hydrogens (primary N) is 1. The van der Waals surface area contributed by atoms with Crippen LogP contribution in [0, 0.1) is 20.8 Å². The molecule has 2 aromatic rings. The van der Waals surface area contributed by atoms with Crippen LogP contribution in [0.5, 0.6) is 0 Å². The van der Waals surface area contributed by atoms with Crippen molar-refractivity contribution < 1.29 is 0 Å². The monoisotopic (exact) mass is 248 g/mol. The van der Waals surface area contributed by atoms with E-state index in [1.807, 2.05) is 5.38 Å². The third kappa shape index (κ3) is 2.36. The van der Waals surface area contributed by atoms with E-state index in [9.17, 15) is 0 Å². The van der Waals surface area contributed by atoms with Crippen LogP contribution < -0.4 is 11.3 Å². The van der Waals surface area contributed by atoms with E-state index in [-0.39, 0.29) is 6.04 Å². The molecule has 1 unspecified atom stereocenters. The van der Waals surface area contributed by atoms with E-state index < -0.39 is 0 Å². The van der Waals surface area contributed by atoms with Crippen LogP contribution in [0.2, 0.25) is 0 Å². The SMILES string of the molecule is Cc1cc(C)c(C(NN)c2csnn2)cc1C. The van der Waals surface area contributed by atoms with Gasteiger partial charge in [-0.2, -0.15) is 0 Å². The normalized spacial score (nSPS) is 12.7. The lowest BCUT2D eigenvalue weighted by Crippen LogP contribution is -2.29. The van der Waals surface area contributed by atoms with E-state index >= 15 is 0 Å². The molecule has 0 fully saturated rings. The van der Waals surface area contributed by atoms with Crippen molar-refractivity contribution in [2.45, 2.75) is 26.8 Å². The molecule has 3 N–H and O–H groups in total. The summed E-state index contributed by atoms with van der Waals surface area (Å²) in [6.07, 6.45) is 0. The molecule has 0 aliphatic heterocycles. The summed E-state index contributed by atoms with van der Waals surface area (Å²) in [5.41, 5.74) is 8.59. The first-order valence-electron chi connectivity index (χ1n) is 5.44. The summed E-state index contributed by atoms with van der Waals surface area (Å²) in [6.45, 7) is 6.30. The van der Waals surface area contributed by atoms with Gasteiger partial charge in [0.1, 0.15) is 0 Å². The summed E-state index contributed by atoms with van der Waals surface area (Å²) in [5.74, 6) is 5.64. The summed E-state index contributed by atoms with van der Waals surface area (Å²) in [7, 11) is 0. The lowest BCUT2D eigenvalue weighted by Gasteiger charge is -2.18. The van der Waals surface area contributed by atoms with Crippen LogP contribution in [0.3, 0.4) is 0 Å². The Morgan fingerprint density at radius 2 is 1.88 bits per heavy atom. The number of nitrogens with one attached hydrogen (secondary N) is 1. The van der Waals surface area contributed by atoms with Crippen molar-refractivity contribution in [2.24, 2.45) is 5.84 Å². The minimum absolute atomic E-state index is 0.0898. The van der Waals surface area contributed by atoms with E-state index in [1.165, 1.54) is 28.2 Å². The zero-order chi connectivity index (χ0) is 12.4. The van der Waals surface area contributed by atoms with Crippen LogP contribution in [-0.4, -0.2) is 9.59 Å². The lowest BCUT2D eigenvalue weighted by atomic mass is 9.95. The maximum absolute atomic E-state index is 5.64. The minimum Gasteiger partial charge on any atom is -0.271 e. The Labute approximate surface area is 105 Å². The Bertz CT molecular complexity index is 507. The quantitative estimate of drug-likeness (QED) is 0.644. The highest BCUT2D eigenvalue weighted by molar-refractivity contribution is 7.03. The predicted octanol–water partition coefficient (Wildman–Crippen LogP) is 2.02. The Kier molecular flexibility index (Phi) is 3.51. The number of aromatic nitrogens is 2. The van der Waals surface area contributed by atoms with E-state index in [2.05, 4.69) is 47.9 Å². The summed E-state index contributed by atoms with van der Waals surface area (Å²) < 4.78 is 3.88. The molecule has 0 radical (unpaired) electrons. The number of benzene rings is 1. The lowest BCUT2D eigenvalue weighted by molar-refractivity contribution is 0.615. The maximum Gasteiger partial charge on any atom is 0.0983 e.